The van der Waals surface area contributed by atoms with Crippen LogP contribution in [-0.2, 0) is 22.4 Å². The lowest BCUT2D eigenvalue weighted by molar-refractivity contribution is -0.193. The van der Waals surface area contributed by atoms with Crippen molar-refractivity contribution in [3.63, 3.8) is 0 Å². The van der Waals surface area contributed by atoms with Gasteiger partial charge in [-0.05, 0) is 43.4 Å². The number of carbonyl (C=O) groups excluding carboxylic acids is 1. The molecule has 2 heterocycles. The molecule has 0 radical (unpaired) electrons. The first kappa shape index (κ1) is 30.9. The van der Waals surface area contributed by atoms with E-state index in [0.717, 1.165) is 56.5 Å². The van der Waals surface area contributed by atoms with E-state index in [1.807, 2.05) is 0 Å². The summed E-state index contributed by atoms with van der Waals surface area (Å²) in [6.45, 7) is 6.30. The van der Waals surface area contributed by atoms with Gasteiger partial charge in [0.25, 0.3) is 5.91 Å². The molecule has 204 valence electrons. The Hall–Kier alpha value is -3.10. The fourth-order valence-electron chi connectivity index (χ4n) is 3.00. The highest BCUT2D eigenvalue weighted by atomic mass is 19.4. The molecule has 2 aliphatic rings. The van der Waals surface area contributed by atoms with E-state index in [1.165, 1.54) is 18.4 Å². The van der Waals surface area contributed by atoms with E-state index >= 15 is 0 Å². The number of halogens is 6. The lowest BCUT2D eigenvalue weighted by Gasteiger charge is -2.15. The summed E-state index contributed by atoms with van der Waals surface area (Å²) < 4.78 is 63.5. The number of aliphatic carboxylic acids is 2. The van der Waals surface area contributed by atoms with Gasteiger partial charge in [-0.3, -0.25) is 4.79 Å². The first-order chi connectivity index (χ1) is 16.6. The molecule has 0 spiro atoms. The maximum absolute atomic E-state index is 12.2. The minimum atomic E-state index is -5.08. The van der Waals surface area contributed by atoms with Crippen LogP contribution >= 0.6 is 0 Å². The minimum absolute atomic E-state index is 0.0507. The Kier molecular flexibility index (Phi) is 11.4. The Bertz CT molecular complexity index is 895. The van der Waals surface area contributed by atoms with Crippen LogP contribution in [0.25, 0.3) is 0 Å². The van der Waals surface area contributed by atoms with Crippen molar-refractivity contribution in [2.24, 2.45) is 5.92 Å². The van der Waals surface area contributed by atoms with E-state index in [-0.39, 0.29) is 5.91 Å². The van der Waals surface area contributed by atoms with Crippen LogP contribution < -0.4 is 10.6 Å². The second kappa shape index (κ2) is 13.3. The molecule has 1 fully saturated rings. The molecule has 0 aromatic carbocycles. The Morgan fingerprint density at radius 2 is 1.53 bits per heavy atom. The number of carboxylic acids is 2. The topological polar surface area (TPSA) is 132 Å². The Labute approximate surface area is 202 Å². The highest BCUT2D eigenvalue weighted by Crippen LogP contribution is 2.30. The summed E-state index contributed by atoms with van der Waals surface area (Å²) in [5.74, 6) is -4.05. The summed E-state index contributed by atoms with van der Waals surface area (Å²) in [6, 6.07) is 2.05. The van der Waals surface area contributed by atoms with Crippen LogP contribution in [0.1, 0.15) is 41.4 Å². The van der Waals surface area contributed by atoms with Gasteiger partial charge in [-0.1, -0.05) is 6.92 Å². The van der Waals surface area contributed by atoms with Crippen molar-refractivity contribution in [3.05, 3.63) is 22.9 Å². The zero-order chi connectivity index (χ0) is 27.7. The molecule has 0 atom stereocenters. The fourth-order valence-corrected chi connectivity index (χ4v) is 3.00. The van der Waals surface area contributed by atoms with Crippen LogP contribution in [0.3, 0.4) is 0 Å². The van der Waals surface area contributed by atoms with Gasteiger partial charge in [-0.25, -0.2) is 14.6 Å². The third-order valence-electron chi connectivity index (χ3n) is 5.21. The van der Waals surface area contributed by atoms with Crippen molar-refractivity contribution in [1.82, 2.24) is 15.2 Å². The Morgan fingerprint density at radius 1 is 1.03 bits per heavy atom. The number of rotatable bonds is 5. The third-order valence-corrected chi connectivity index (χ3v) is 5.21. The van der Waals surface area contributed by atoms with E-state index in [4.69, 9.17) is 24.8 Å². The molecule has 1 amide bonds. The van der Waals surface area contributed by atoms with Crippen molar-refractivity contribution in [2.75, 3.05) is 38.5 Å². The molecule has 36 heavy (non-hydrogen) atoms. The lowest BCUT2D eigenvalue weighted by atomic mass is 10.1. The van der Waals surface area contributed by atoms with E-state index in [2.05, 4.69) is 28.5 Å². The van der Waals surface area contributed by atoms with E-state index in [1.54, 1.807) is 7.05 Å². The fraction of sp³-hybridized carbons (Fsp3) is 0.619. The number of pyridine rings is 1. The van der Waals surface area contributed by atoms with Gasteiger partial charge in [0, 0.05) is 38.8 Å². The number of nitrogens with one attached hydrogen (secondary N) is 2. The largest absolute Gasteiger partial charge is 0.490 e. The van der Waals surface area contributed by atoms with Gasteiger partial charge in [0.2, 0.25) is 0 Å². The van der Waals surface area contributed by atoms with Gasteiger partial charge >= 0.3 is 24.3 Å². The number of likely N-dealkylation sites (N-methyl/N-ethyl adjacent to an activating group) is 1. The van der Waals surface area contributed by atoms with Gasteiger partial charge in [0.05, 0.1) is 5.56 Å². The maximum atomic E-state index is 12.2. The van der Waals surface area contributed by atoms with E-state index < -0.39 is 24.3 Å². The van der Waals surface area contributed by atoms with E-state index in [9.17, 15) is 31.1 Å². The number of carboxylic acid groups (broad SMARTS) is 2. The van der Waals surface area contributed by atoms with Crippen molar-refractivity contribution in [3.8, 4) is 0 Å². The van der Waals surface area contributed by atoms with Crippen LogP contribution in [0.2, 0.25) is 0 Å². The number of hydrogen-bond acceptors (Lipinski definition) is 6. The molecular weight excluding hydrogens is 502 g/mol. The standard InChI is InChI=1S/C17H26N4O.2C2HF3O2/c1-3-21-8-6-13-10-14(17(22)18-2)16(19-11-12-4-5-12)20-15(13)7-9-21;2*3-2(4,5)1(6)7/h10,12H,3-9,11H2,1-2H3,(H,18,22)(H,19,20);2*(H,6,7). The minimum Gasteiger partial charge on any atom is -0.475 e. The third kappa shape index (κ3) is 10.7. The summed E-state index contributed by atoms with van der Waals surface area (Å²) >= 11 is 0. The molecule has 4 N–H and O–H groups in total. The molecule has 0 saturated heterocycles. The molecule has 0 unspecified atom stereocenters. The Balaban J connectivity index is 0.000000383. The van der Waals surface area contributed by atoms with Crippen LogP contribution in [0, 0.1) is 5.92 Å². The number of anilines is 1. The quantitative estimate of drug-likeness (QED) is 0.428. The molecule has 3 rings (SSSR count). The van der Waals surface area contributed by atoms with Crippen molar-refractivity contribution in [2.45, 2.75) is 45.0 Å². The SMILES string of the molecule is CCN1CCc2cc(C(=O)NC)c(NCC3CC3)nc2CC1.O=C(O)C(F)(F)F.O=C(O)C(F)(F)F. The number of nitrogens with zero attached hydrogens (tertiary/aromatic N) is 2. The van der Waals surface area contributed by atoms with Crippen molar-refractivity contribution >= 4 is 23.7 Å². The van der Waals surface area contributed by atoms with Crippen LogP contribution in [0.5, 0.6) is 0 Å². The number of alkyl halides is 6. The highest BCUT2D eigenvalue weighted by Gasteiger charge is 2.38. The average molecular weight is 530 g/mol. The normalized spacial score (nSPS) is 15.7. The molecule has 1 saturated carbocycles. The van der Waals surface area contributed by atoms with Gasteiger partial charge in [0.15, 0.2) is 0 Å². The average Bonchev–Trinajstić information content (AvgIpc) is 3.63. The molecule has 1 aromatic heterocycles. The predicted octanol–water partition coefficient (Wildman–Crippen LogP) is 2.95. The smallest absolute Gasteiger partial charge is 0.475 e. The monoisotopic (exact) mass is 530 g/mol. The predicted molar refractivity (Wildman–Crippen MR) is 116 cm³/mol. The summed E-state index contributed by atoms with van der Waals surface area (Å²) in [4.78, 5) is 37.2. The molecule has 15 heteroatoms. The van der Waals surface area contributed by atoms with Gasteiger partial charge in [-0.2, -0.15) is 26.3 Å². The van der Waals surface area contributed by atoms with Gasteiger partial charge in [-0.15, -0.1) is 0 Å². The summed E-state index contributed by atoms with van der Waals surface area (Å²) in [5.41, 5.74) is 3.07. The number of hydrogen-bond donors (Lipinski definition) is 4. The van der Waals surface area contributed by atoms with Crippen LogP contribution in [-0.4, -0.2) is 83.5 Å². The highest BCUT2D eigenvalue weighted by molar-refractivity contribution is 5.98. The van der Waals surface area contributed by atoms with Crippen molar-refractivity contribution in [1.29, 1.82) is 0 Å². The zero-order valence-corrected chi connectivity index (χ0v) is 19.6. The molecular formula is C21H28F6N4O5. The van der Waals surface area contributed by atoms with Gasteiger partial charge < -0.3 is 25.7 Å². The first-order valence-corrected chi connectivity index (χ1v) is 10.9. The summed E-state index contributed by atoms with van der Waals surface area (Å²) in [5, 5.41) is 20.4. The number of aromatic nitrogens is 1. The van der Waals surface area contributed by atoms with Crippen LogP contribution in [0.4, 0.5) is 32.2 Å². The molecule has 1 aliphatic heterocycles. The summed E-state index contributed by atoms with van der Waals surface area (Å²) in [7, 11) is 1.68. The second-order valence-corrected chi connectivity index (χ2v) is 7.93. The van der Waals surface area contributed by atoms with Crippen molar-refractivity contribution < 1.29 is 50.9 Å². The number of carbonyl (C=O) groups is 3. The molecule has 9 nitrogen and oxygen atoms in total. The Morgan fingerprint density at radius 3 is 1.94 bits per heavy atom. The molecule has 1 aromatic rings. The number of amides is 1. The van der Waals surface area contributed by atoms with Gasteiger partial charge in [0.1, 0.15) is 5.82 Å². The second-order valence-electron chi connectivity index (χ2n) is 7.93. The lowest BCUT2D eigenvalue weighted by Crippen LogP contribution is -2.25. The van der Waals surface area contributed by atoms with E-state index in [0.29, 0.717) is 5.56 Å². The molecule has 1 aliphatic carbocycles. The zero-order valence-electron chi connectivity index (χ0n) is 19.6. The summed E-state index contributed by atoms with van der Waals surface area (Å²) in [6.07, 6.45) is -5.64. The molecule has 0 bridgehead atoms. The first-order valence-electron chi connectivity index (χ1n) is 10.9. The van der Waals surface area contributed by atoms with Crippen LogP contribution in [0.15, 0.2) is 6.07 Å². The number of fused-ring (bicyclic) bond motifs is 1. The maximum Gasteiger partial charge on any atom is 0.490 e.